The molecule has 4 heteroatoms. The highest BCUT2D eigenvalue weighted by Gasteiger charge is 2.40. The fourth-order valence-corrected chi connectivity index (χ4v) is 8.11. The molecule has 0 saturated carbocycles. The zero-order valence-electron chi connectivity index (χ0n) is 20.3. The maximum absolute atomic E-state index is 2.58. The Labute approximate surface area is 219 Å². The van der Waals surface area contributed by atoms with E-state index in [0.29, 0.717) is 0 Å². The molecule has 7 aromatic rings. The molecule has 37 heavy (non-hydrogen) atoms. The van der Waals surface area contributed by atoms with Crippen LogP contribution in [0.5, 0.6) is 0 Å². The number of fused-ring (bicyclic) bond motifs is 9. The molecule has 0 unspecified atom stereocenters. The van der Waals surface area contributed by atoms with E-state index in [0.717, 1.165) is 0 Å². The van der Waals surface area contributed by atoms with Gasteiger partial charge < -0.3 is 9.13 Å². The van der Waals surface area contributed by atoms with Crippen LogP contribution in [-0.4, -0.2) is 15.8 Å². The summed E-state index contributed by atoms with van der Waals surface area (Å²) in [6, 6.07) is 40.4. The van der Waals surface area contributed by atoms with Crippen molar-refractivity contribution in [1.82, 2.24) is 9.13 Å². The summed E-state index contributed by atoms with van der Waals surface area (Å²) in [6.45, 7) is 2.48. The quantitative estimate of drug-likeness (QED) is 0.246. The van der Waals surface area contributed by atoms with Gasteiger partial charge in [0.05, 0.1) is 22.1 Å². The summed E-state index contributed by atoms with van der Waals surface area (Å²) >= 11 is 1.92. The monoisotopic (exact) mass is 488 g/mol. The first kappa shape index (κ1) is 20.0. The zero-order valence-corrected chi connectivity index (χ0v) is 21.1. The summed E-state index contributed by atoms with van der Waals surface area (Å²) in [5.41, 5.74) is 13.3. The van der Waals surface area contributed by atoms with Crippen LogP contribution in [0.1, 0.15) is 5.56 Å². The second-order valence-corrected chi connectivity index (χ2v) is 11.3. The largest absolute Gasteiger partial charge is 0.308 e. The summed E-state index contributed by atoms with van der Waals surface area (Å²) in [4.78, 5) is 2.76. The lowest BCUT2D eigenvalue weighted by Crippen LogP contribution is -2.58. The molecule has 0 aliphatic carbocycles. The minimum Gasteiger partial charge on any atom is -0.308 e. The number of hydrogen-bond acceptors (Lipinski definition) is 1. The van der Waals surface area contributed by atoms with Gasteiger partial charge in [-0.3, -0.25) is 0 Å². The van der Waals surface area contributed by atoms with Gasteiger partial charge in [-0.2, -0.15) is 0 Å². The van der Waals surface area contributed by atoms with E-state index in [4.69, 9.17) is 0 Å². The van der Waals surface area contributed by atoms with Crippen LogP contribution in [0.4, 0.5) is 0 Å². The molecule has 0 fully saturated rings. The van der Waals surface area contributed by atoms with Gasteiger partial charge in [-0.25, -0.2) is 0 Å². The molecule has 0 saturated heterocycles. The number of aryl methyl sites for hydroxylation is 1. The van der Waals surface area contributed by atoms with Crippen LogP contribution in [0.3, 0.4) is 0 Å². The van der Waals surface area contributed by atoms with Gasteiger partial charge in [0.1, 0.15) is 0 Å². The van der Waals surface area contributed by atoms with Crippen LogP contribution in [0, 0.1) is 6.92 Å². The Hall–Kier alpha value is -4.15. The smallest absolute Gasteiger partial charge is 0.249 e. The van der Waals surface area contributed by atoms with Crippen LogP contribution in [0.25, 0.3) is 44.2 Å². The molecule has 2 aromatic heterocycles. The Kier molecular flexibility index (Phi) is 3.77. The highest BCUT2D eigenvalue weighted by atomic mass is 32.2. The lowest BCUT2D eigenvalue weighted by Gasteiger charge is -2.33. The molecule has 0 amide bonds. The van der Waals surface area contributed by atoms with E-state index in [9.17, 15) is 0 Å². The minimum atomic E-state index is 0.245. The molecule has 2 aliphatic heterocycles. The number of hydrogen-bond donors (Lipinski definition) is 0. The fourth-order valence-electron chi connectivity index (χ4n) is 6.84. The van der Waals surface area contributed by atoms with Crippen molar-refractivity contribution in [2.45, 2.75) is 16.7 Å². The van der Waals surface area contributed by atoms with Crippen molar-refractivity contribution < 1.29 is 0 Å². The Bertz CT molecular complexity index is 2080. The number of aromatic nitrogens is 2. The van der Waals surface area contributed by atoms with Gasteiger partial charge in [0, 0.05) is 31.9 Å². The van der Waals surface area contributed by atoms with Crippen molar-refractivity contribution in [3.8, 4) is 11.4 Å². The summed E-state index contributed by atoms with van der Waals surface area (Å²) in [7, 11) is 0. The molecule has 0 atom stereocenters. The van der Waals surface area contributed by atoms with E-state index in [-0.39, 0.29) is 6.71 Å². The van der Waals surface area contributed by atoms with Gasteiger partial charge in [-0.1, -0.05) is 90.0 Å². The van der Waals surface area contributed by atoms with Gasteiger partial charge >= 0.3 is 0 Å². The summed E-state index contributed by atoms with van der Waals surface area (Å²) in [5.74, 6) is 0. The number of benzene rings is 5. The molecule has 9 rings (SSSR count). The zero-order chi connectivity index (χ0) is 24.2. The third kappa shape index (κ3) is 2.44. The number of para-hydroxylation sites is 3. The van der Waals surface area contributed by atoms with Gasteiger partial charge in [0.15, 0.2) is 0 Å². The Morgan fingerprint density at radius 2 is 1.32 bits per heavy atom. The number of nitrogens with zero attached hydrogens (tertiary/aromatic N) is 2. The van der Waals surface area contributed by atoms with Crippen LogP contribution in [0.2, 0.25) is 0 Å². The summed E-state index contributed by atoms with van der Waals surface area (Å²) in [5, 5.41) is 2.61. The third-order valence-corrected chi connectivity index (χ3v) is 9.34. The topological polar surface area (TPSA) is 9.86 Å². The van der Waals surface area contributed by atoms with Crippen molar-refractivity contribution >= 4 is 67.7 Å². The molecule has 0 radical (unpaired) electrons. The predicted molar refractivity (Wildman–Crippen MR) is 158 cm³/mol. The maximum Gasteiger partial charge on any atom is 0.249 e. The molecule has 0 spiro atoms. The summed E-state index contributed by atoms with van der Waals surface area (Å²) < 4.78 is 5.05. The molecule has 2 aliphatic rings. The minimum absolute atomic E-state index is 0.245. The highest BCUT2D eigenvalue weighted by molar-refractivity contribution is 8.00. The van der Waals surface area contributed by atoms with E-state index in [1.807, 2.05) is 11.8 Å². The van der Waals surface area contributed by atoms with E-state index in [2.05, 4.69) is 125 Å². The van der Waals surface area contributed by atoms with Gasteiger partial charge in [0.2, 0.25) is 6.71 Å². The Morgan fingerprint density at radius 1 is 0.595 bits per heavy atom. The lowest BCUT2D eigenvalue weighted by molar-refractivity contribution is 1.16. The molecule has 2 nitrogen and oxygen atoms in total. The SMILES string of the molecule is Cc1cc2c3c(c1)-n1c4c(cccc4c4c1c1ccccc1n4-c1ccccc1)B3c1ccccc1S2. The van der Waals surface area contributed by atoms with Gasteiger partial charge in [-0.05, 0) is 59.8 Å². The Balaban J connectivity index is 1.55. The third-order valence-electron chi connectivity index (χ3n) is 8.19. The van der Waals surface area contributed by atoms with Crippen LogP contribution >= 0.6 is 11.8 Å². The molecule has 5 aromatic carbocycles. The number of rotatable bonds is 1. The second-order valence-electron chi connectivity index (χ2n) is 10.2. The van der Waals surface area contributed by atoms with E-state index < -0.39 is 0 Å². The van der Waals surface area contributed by atoms with E-state index in [1.54, 1.807) is 0 Å². The Morgan fingerprint density at radius 3 is 2.24 bits per heavy atom. The molecular formula is C33H21BN2S. The highest BCUT2D eigenvalue weighted by Crippen LogP contribution is 2.43. The van der Waals surface area contributed by atoms with E-state index in [1.165, 1.54) is 76.0 Å². The van der Waals surface area contributed by atoms with Crippen LogP contribution in [-0.2, 0) is 0 Å². The van der Waals surface area contributed by atoms with Crippen LogP contribution < -0.4 is 16.4 Å². The maximum atomic E-state index is 2.58. The van der Waals surface area contributed by atoms with Crippen molar-refractivity contribution in [2.24, 2.45) is 0 Å². The molecule has 4 heterocycles. The molecular weight excluding hydrogens is 467 g/mol. The van der Waals surface area contributed by atoms with Crippen molar-refractivity contribution in [2.75, 3.05) is 0 Å². The first-order valence-electron chi connectivity index (χ1n) is 12.8. The van der Waals surface area contributed by atoms with Crippen molar-refractivity contribution in [3.63, 3.8) is 0 Å². The van der Waals surface area contributed by atoms with Crippen LogP contribution in [0.15, 0.2) is 119 Å². The molecule has 172 valence electrons. The first-order chi connectivity index (χ1) is 18.3. The summed E-state index contributed by atoms with van der Waals surface area (Å²) in [6.07, 6.45) is 0. The average Bonchev–Trinajstić information content (AvgIpc) is 3.45. The van der Waals surface area contributed by atoms with Gasteiger partial charge in [-0.15, -0.1) is 0 Å². The molecule has 0 bridgehead atoms. The standard InChI is InChI=1S/C33H21BN2S/c1-20-18-27-30-29(19-20)37-28-17-8-6-14-24(28)34(30)25-15-9-13-23-31(25)36(27)32-22-12-5-7-16-26(22)35(33(23)32)21-10-3-2-4-11-21/h2-19H,1H3. The molecule has 0 N–H and O–H groups in total. The van der Waals surface area contributed by atoms with Crippen molar-refractivity contribution in [1.29, 1.82) is 0 Å². The van der Waals surface area contributed by atoms with Gasteiger partial charge in [0.25, 0.3) is 0 Å². The van der Waals surface area contributed by atoms with Crippen molar-refractivity contribution in [3.05, 3.63) is 115 Å². The predicted octanol–water partition coefficient (Wildman–Crippen LogP) is 6.33. The normalized spacial score (nSPS) is 13.4. The fraction of sp³-hybridized carbons (Fsp3) is 0.0303. The first-order valence-corrected chi connectivity index (χ1v) is 13.6. The lowest BCUT2D eigenvalue weighted by atomic mass is 9.35. The van der Waals surface area contributed by atoms with E-state index >= 15 is 0 Å². The average molecular weight is 488 g/mol. The second kappa shape index (κ2) is 6.99.